The normalized spacial score (nSPS) is 14.7. The van der Waals surface area contributed by atoms with Crippen LogP contribution in [-0.2, 0) is 65.4 Å². The Balaban J connectivity index is 5.22. The van der Waals surface area contributed by atoms with E-state index in [4.69, 9.17) is 37.0 Å². The predicted octanol–water partition coefficient (Wildman–Crippen LogP) is 22.0. The Labute approximate surface area is 581 Å². The molecule has 5 unspecified atom stereocenters. The number of esters is 4. The molecule has 0 heterocycles. The monoisotopic (exact) mass is 1400 g/mol. The van der Waals surface area contributed by atoms with Crippen molar-refractivity contribution in [3.8, 4) is 0 Å². The lowest BCUT2D eigenvalue weighted by molar-refractivity contribution is -0.161. The first-order valence-electron chi connectivity index (χ1n) is 39.3. The third-order valence-electron chi connectivity index (χ3n) is 18.3. The molecule has 0 aliphatic carbocycles. The fourth-order valence-electron chi connectivity index (χ4n) is 11.5. The average Bonchev–Trinajstić information content (AvgIpc) is 1.58. The minimum Gasteiger partial charge on any atom is -0.462 e. The second kappa shape index (κ2) is 65.4. The lowest BCUT2D eigenvalue weighted by atomic mass is 9.99. The smallest absolute Gasteiger partial charge is 0.462 e. The van der Waals surface area contributed by atoms with Crippen molar-refractivity contribution in [2.24, 2.45) is 23.7 Å². The third-order valence-corrected chi connectivity index (χ3v) is 20.2. The molecule has 0 amide bonds. The molecule has 0 aliphatic rings. The third kappa shape index (κ3) is 67.6. The summed E-state index contributed by atoms with van der Waals surface area (Å²) in [6.07, 6.45) is 50.0. The number of aliphatic hydroxyl groups excluding tert-OH is 1. The summed E-state index contributed by atoms with van der Waals surface area (Å²) >= 11 is 0. The zero-order valence-electron chi connectivity index (χ0n) is 62.3. The van der Waals surface area contributed by atoms with Crippen molar-refractivity contribution in [1.82, 2.24) is 0 Å². The lowest BCUT2D eigenvalue weighted by Crippen LogP contribution is -2.30. The van der Waals surface area contributed by atoms with Crippen LogP contribution in [0.5, 0.6) is 0 Å². The quantitative estimate of drug-likeness (QED) is 0.0222. The summed E-state index contributed by atoms with van der Waals surface area (Å²) in [5, 5.41) is 10.6. The minimum absolute atomic E-state index is 0.106. The number of phosphoric acid groups is 2. The number of hydrogen-bond donors (Lipinski definition) is 3. The number of carbonyl (C=O) groups excluding carboxylic acids is 4. The molecule has 7 atom stereocenters. The lowest BCUT2D eigenvalue weighted by Gasteiger charge is -2.21. The molecule has 0 aromatic heterocycles. The molecule has 0 spiro atoms. The van der Waals surface area contributed by atoms with Crippen LogP contribution in [0.1, 0.15) is 383 Å². The maximum Gasteiger partial charge on any atom is 0.472 e. The van der Waals surface area contributed by atoms with Crippen molar-refractivity contribution < 1.29 is 80.2 Å². The molecule has 0 saturated heterocycles. The van der Waals surface area contributed by atoms with Gasteiger partial charge in [0, 0.05) is 25.7 Å². The summed E-state index contributed by atoms with van der Waals surface area (Å²) in [6.45, 7) is 14.2. The molecule has 0 rings (SSSR count). The largest absolute Gasteiger partial charge is 0.472 e. The number of rotatable bonds is 73. The molecule has 19 heteroatoms. The first-order chi connectivity index (χ1) is 45.7. The van der Waals surface area contributed by atoms with E-state index in [1.165, 1.54) is 173 Å². The number of carbonyl (C=O) groups is 4. The molecule has 0 aromatic rings. The highest BCUT2D eigenvalue weighted by Crippen LogP contribution is 2.45. The molecule has 0 radical (unpaired) electrons. The van der Waals surface area contributed by atoms with Crippen molar-refractivity contribution in [2.45, 2.75) is 401 Å². The van der Waals surface area contributed by atoms with Gasteiger partial charge >= 0.3 is 39.5 Å². The standard InChI is InChI=1S/C76H148O17P2/c1-9-68(7)54-46-38-30-24-20-16-12-14-18-22-26-32-43-51-58-75(80)92-71(62-86-73(78)56-48-40-33-27-29-37-45-53-67(5)6)64-90-94(82,83)88-60-70(77)61-89-95(84,85)91-65-72(63-87-74(79)57-49-41-35-34-39-47-55-69(8)10-2)93-76(81)59-50-42-31-25-21-17-13-11-15-19-23-28-36-44-52-66(3)4/h66-72,77H,9-65H2,1-8H3,(H,82,83)(H,84,85)/t68?,69?,70?,71-,72-/m1/s1. The number of hydrogen-bond acceptors (Lipinski definition) is 15. The number of ether oxygens (including phenoxy) is 4. The molecule has 17 nitrogen and oxygen atoms in total. The highest BCUT2D eigenvalue weighted by atomic mass is 31.2. The summed E-state index contributed by atoms with van der Waals surface area (Å²) in [4.78, 5) is 72.8. The maximum atomic E-state index is 13.1. The second-order valence-corrected chi connectivity index (χ2v) is 31.7. The van der Waals surface area contributed by atoms with Crippen LogP contribution in [0.15, 0.2) is 0 Å². The summed E-state index contributed by atoms with van der Waals surface area (Å²) in [5.41, 5.74) is 0. The van der Waals surface area contributed by atoms with Gasteiger partial charge in [-0.15, -0.1) is 0 Å². The number of unbranched alkanes of at least 4 members (excludes halogenated alkanes) is 37. The summed E-state index contributed by atoms with van der Waals surface area (Å²) in [6, 6.07) is 0. The van der Waals surface area contributed by atoms with Gasteiger partial charge in [0.1, 0.15) is 19.3 Å². The van der Waals surface area contributed by atoms with Gasteiger partial charge in [0.05, 0.1) is 26.4 Å². The number of aliphatic hydroxyl groups is 1. The Bertz CT molecular complexity index is 1870. The molecule has 0 fully saturated rings. The van der Waals surface area contributed by atoms with Gasteiger partial charge in [-0.25, -0.2) is 9.13 Å². The maximum absolute atomic E-state index is 13.1. The van der Waals surface area contributed by atoms with E-state index in [0.29, 0.717) is 31.6 Å². The Hall–Kier alpha value is -1.94. The Kier molecular flexibility index (Phi) is 64.0. The average molecular weight is 1400 g/mol. The molecular weight excluding hydrogens is 1250 g/mol. The van der Waals surface area contributed by atoms with Gasteiger partial charge in [-0.1, -0.05) is 331 Å². The van der Waals surface area contributed by atoms with Crippen LogP contribution < -0.4 is 0 Å². The zero-order valence-corrected chi connectivity index (χ0v) is 64.1. The van der Waals surface area contributed by atoms with E-state index in [1.807, 2.05) is 0 Å². The van der Waals surface area contributed by atoms with Gasteiger partial charge in [-0.2, -0.15) is 0 Å². The van der Waals surface area contributed by atoms with E-state index >= 15 is 0 Å². The topological polar surface area (TPSA) is 237 Å². The highest BCUT2D eigenvalue weighted by Gasteiger charge is 2.30. The van der Waals surface area contributed by atoms with E-state index in [-0.39, 0.29) is 25.7 Å². The van der Waals surface area contributed by atoms with Gasteiger partial charge in [0.15, 0.2) is 12.2 Å². The predicted molar refractivity (Wildman–Crippen MR) is 386 cm³/mol. The van der Waals surface area contributed by atoms with Crippen LogP contribution in [0, 0.1) is 23.7 Å². The van der Waals surface area contributed by atoms with Gasteiger partial charge in [-0.05, 0) is 49.4 Å². The molecular formula is C76H148O17P2. The first-order valence-corrected chi connectivity index (χ1v) is 42.3. The van der Waals surface area contributed by atoms with E-state index in [2.05, 4.69) is 55.4 Å². The van der Waals surface area contributed by atoms with Gasteiger partial charge in [0.25, 0.3) is 0 Å². The van der Waals surface area contributed by atoms with Crippen LogP contribution in [-0.4, -0.2) is 96.7 Å². The first kappa shape index (κ1) is 93.1. The van der Waals surface area contributed by atoms with E-state index in [1.54, 1.807) is 0 Å². The number of phosphoric ester groups is 2. The Morgan fingerprint density at radius 3 is 0.747 bits per heavy atom. The SMILES string of the molecule is CCC(C)CCCCCCCCCCCCCCCCC(=O)O[C@H](COC(=O)CCCCCCCCCC(C)C)COP(=O)(O)OCC(O)COP(=O)(O)OC[C@@H](COC(=O)CCCCCCCCC(C)CC)OC(=O)CCCCCCCCCCCCCCCCC(C)C. The molecule has 0 aromatic carbocycles. The van der Waals surface area contributed by atoms with Crippen molar-refractivity contribution in [2.75, 3.05) is 39.6 Å². The summed E-state index contributed by atoms with van der Waals surface area (Å²) < 4.78 is 68.5. The zero-order chi connectivity index (χ0) is 70.3. The van der Waals surface area contributed by atoms with Crippen LogP contribution in [0.4, 0.5) is 0 Å². The molecule has 3 N–H and O–H groups in total. The van der Waals surface area contributed by atoms with Crippen LogP contribution in [0.3, 0.4) is 0 Å². The van der Waals surface area contributed by atoms with Gasteiger partial charge in [0.2, 0.25) is 0 Å². The van der Waals surface area contributed by atoms with Crippen molar-refractivity contribution in [1.29, 1.82) is 0 Å². The van der Waals surface area contributed by atoms with Crippen LogP contribution >= 0.6 is 15.6 Å². The molecule has 564 valence electrons. The molecule has 0 bridgehead atoms. The Morgan fingerprint density at radius 2 is 0.505 bits per heavy atom. The minimum atomic E-state index is -4.96. The van der Waals surface area contributed by atoms with Crippen LogP contribution in [0.25, 0.3) is 0 Å². The summed E-state index contributed by atoms with van der Waals surface area (Å²) in [7, 11) is -9.91. The van der Waals surface area contributed by atoms with Crippen molar-refractivity contribution in [3.05, 3.63) is 0 Å². The fourth-order valence-corrected chi connectivity index (χ4v) is 13.1. The fraction of sp³-hybridized carbons (Fsp3) is 0.947. The molecule has 0 aliphatic heterocycles. The molecule has 95 heavy (non-hydrogen) atoms. The molecule has 0 saturated carbocycles. The van der Waals surface area contributed by atoms with E-state index in [0.717, 1.165) is 120 Å². The van der Waals surface area contributed by atoms with Crippen molar-refractivity contribution in [3.63, 3.8) is 0 Å². The van der Waals surface area contributed by atoms with E-state index < -0.39 is 97.5 Å². The van der Waals surface area contributed by atoms with E-state index in [9.17, 15) is 43.2 Å². The highest BCUT2D eigenvalue weighted by molar-refractivity contribution is 7.47. The van der Waals surface area contributed by atoms with Crippen LogP contribution in [0.2, 0.25) is 0 Å². The van der Waals surface area contributed by atoms with Crippen molar-refractivity contribution >= 4 is 39.5 Å². The second-order valence-electron chi connectivity index (χ2n) is 28.8. The van der Waals surface area contributed by atoms with Gasteiger partial charge < -0.3 is 33.8 Å². The Morgan fingerprint density at radius 1 is 0.295 bits per heavy atom. The van der Waals surface area contributed by atoms with Gasteiger partial charge in [-0.3, -0.25) is 37.3 Å². The summed E-state index contributed by atoms with van der Waals surface area (Å²) in [5.74, 6) is 0.954.